The molecule has 0 atom stereocenters. The van der Waals surface area contributed by atoms with Crippen molar-refractivity contribution in [2.45, 2.75) is 39.7 Å². The van der Waals surface area contributed by atoms with Gasteiger partial charge in [-0.25, -0.2) is 9.50 Å². The van der Waals surface area contributed by atoms with Crippen LogP contribution >= 0.6 is 11.6 Å². The van der Waals surface area contributed by atoms with Crippen molar-refractivity contribution in [1.82, 2.24) is 30.1 Å². The second-order valence-electron chi connectivity index (χ2n) is 8.07. The van der Waals surface area contributed by atoms with Crippen molar-refractivity contribution in [2.24, 2.45) is 0 Å². The molecule has 0 spiro atoms. The summed E-state index contributed by atoms with van der Waals surface area (Å²) in [6, 6.07) is 7.81. The van der Waals surface area contributed by atoms with Crippen LogP contribution < -0.4 is 5.32 Å². The van der Waals surface area contributed by atoms with Crippen molar-refractivity contribution in [3.05, 3.63) is 64.7 Å². The third-order valence-electron chi connectivity index (χ3n) is 4.69. The molecule has 8 nitrogen and oxygen atoms in total. The first-order valence-corrected chi connectivity index (χ1v) is 9.82. The summed E-state index contributed by atoms with van der Waals surface area (Å²) < 4.78 is 6.88. The fourth-order valence-electron chi connectivity index (χ4n) is 3.03. The Hall–Kier alpha value is -3.26. The van der Waals surface area contributed by atoms with Crippen LogP contribution in [0.2, 0.25) is 5.15 Å². The fourth-order valence-corrected chi connectivity index (χ4v) is 3.20. The molecule has 9 heteroatoms. The van der Waals surface area contributed by atoms with Gasteiger partial charge >= 0.3 is 0 Å². The number of aryl methyl sites for hydroxylation is 1. The molecule has 0 unspecified atom stereocenters. The molecule has 0 saturated heterocycles. The number of carbonyl (C=O) groups is 1. The minimum Gasteiger partial charge on any atom is -0.345 e. The third kappa shape index (κ3) is 3.91. The SMILES string of the molecule is Cc1cc(-c2nc(Cl)cn3nccc23)ccc1CNC(=O)c1noc(C(C)(C)C)n1. The quantitative estimate of drug-likeness (QED) is 0.532. The van der Waals surface area contributed by atoms with Crippen LogP contribution in [-0.4, -0.2) is 30.6 Å². The fraction of sp³-hybridized carbons (Fsp3) is 0.286. The molecule has 1 N–H and O–H groups in total. The summed E-state index contributed by atoms with van der Waals surface area (Å²) in [5, 5.41) is 11.2. The number of rotatable bonds is 4. The van der Waals surface area contributed by atoms with Gasteiger partial charge in [0.1, 0.15) is 5.15 Å². The Labute approximate surface area is 178 Å². The molecule has 0 aliphatic rings. The smallest absolute Gasteiger partial charge is 0.292 e. The summed E-state index contributed by atoms with van der Waals surface area (Å²) in [6.07, 6.45) is 3.37. The minimum atomic E-state index is -0.379. The second-order valence-corrected chi connectivity index (χ2v) is 8.46. The van der Waals surface area contributed by atoms with Crippen molar-refractivity contribution in [2.75, 3.05) is 0 Å². The Kier molecular flexibility index (Phi) is 5.03. The summed E-state index contributed by atoms with van der Waals surface area (Å²) in [5.74, 6) is 0.0732. The van der Waals surface area contributed by atoms with E-state index in [9.17, 15) is 4.79 Å². The Morgan fingerprint density at radius 1 is 1.23 bits per heavy atom. The summed E-state index contributed by atoms with van der Waals surface area (Å²) in [5.41, 5.74) is 4.21. The molecule has 0 fully saturated rings. The molecular formula is C21H21ClN6O2. The average Bonchev–Trinajstić information content (AvgIpc) is 3.35. The summed E-state index contributed by atoms with van der Waals surface area (Å²) in [4.78, 5) is 21.0. The molecule has 0 radical (unpaired) electrons. The van der Waals surface area contributed by atoms with Gasteiger partial charge < -0.3 is 9.84 Å². The molecular weight excluding hydrogens is 404 g/mol. The molecule has 0 bridgehead atoms. The van der Waals surface area contributed by atoms with Crippen LogP contribution in [-0.2, 0) is 12.0 Å². The summed E-state index contributed by atoms with van der Waals surface area (Å²) in [6.45, 7) is 8.16. The van der Waals surface area contributed by atoms with E-state index in [0.717, 1.165) is 27.9 Å². The Morgan fingerprint density at radius 3 is 2.73 bits per heavy atom. The first-order valence-electron chi connectivity index (χ1n) is 9.44. The minimum absolute atomic E-state index is 0.0282. The number of hydrogen-bond donors (Lipinski definition) is 1. The number of amides is 1. The molecule has 3 aromatic heterocycles. The van der Waals surface area contributed by atoms with Crippen LogP contribution in [0.4, 0.5) is 0 Å². The molecule has 0 aliphatic carbocycles. The first kappa shape index (κ1) is 20.0. The van der Waals surface area contributed by atoms with Crippen LogP contribution in [0.25, 0.3) is 16.8 Å². The van der Waals surface area contributed by atoms with Gasteiger partial charge in [-0.3, -0.25) is 4.79 Å². The lowest BCUT2D eigenvalue weighted by molar-refractivity contribution is 0.0937. The highest BCUT2D eigenvalue weighted by Crippen LogP contribution is 2.26. The number of aromatic nitrogens is 5. The number of halogens is 1. The number of fused-ring (bicyclic) bond motifs is 1. The van der Waals surface area contributed by atoms with Gasteiger partial charge in [0.15, 0.2) is 0 Å². The van der Waals surface area contributed by atoms with Crippen molar-refractivity contribution < 1.29 is 9.32 Å². The largest absolute Gasteiger partial charge is 0.345 e. The molecule has 1 aromatic carbocycles. The highest BCUT2D eigenvalue weighted by Gasteiger charge is 2.24. The number of carbonyl (C=O) groups excluding carboxylic acids is 1. The van der Waals surface area contributed by atoms with E-state index < -0.39 is 0 Å². The van der Waals surface area contributed by atoms with Gasteiger partial charge in [0, 0.05) is 17.5 Å². The van der Waals surface area contributed by atoms with Gasteiger partial charge in [-0.15, -0.1) is 0 Å². The van der Waals surface area contributed by atoms with Gasteiger partial charge in [-0.2, -0.15) is 10.1 Å². The predicted octanol–water partition coefficient (Wildman–Crippen LogP) is 3.97. The highest BCUT2D eigenvalue weighted by molar-refractivity contribution is 6.29. The molecule has 30 heavy (non-hydrogen) atoms. The van der Waals surface area contributed by atoms with Crippen molar-refractivity contribution >= 4 is 23.0 Å². The zero-order valence-corrected chi connectivity index (χ0v) is 17.9. The Morgan fingerprint density at radius 2 is 2.03 bits per heavy atom. The van der Waals surface area contributed by atoms with E-state index in [0.29, 0.717) is 17.6 Å². The number of hydrogen-bond acceptors (Lipinski definition) is 6. The van der Waals surface area contributed by atoms with Gasteiger partial charge in [-0.1, -0.05) is 49.7 Å². The molecule has 0 saturated carbocycles. The molecule has 3 heterocycles. The molecule has 4 rings (SSSR count). The Bertz CT molecular complexity index is 1240. The van der Waals surface area contributed by atoms with E-state index in [4.69, 9.17) is 16.1 Å². The first-order chi connectivity index (χ1) is 14.2. The molecule has 0 aliphatic heterocycles. The van der Waals surface area contributed by atoms with Crippen molar-refractivity contribution in [3.8, 4) is 11.3 Å². The van der Waals surface area contributed by atoms with Gasteiger partial charge in [-0.05, 0) is 30.2 Å². The van der Waals surface area contributed by atoms with E-state index in [1.54, 1.807) is 16.9 Å². The summed E-state index contributed by atoms with van der Waals surface area (Å²) >= 11 is 6.14. The van der Waals surface area contributed by atoms with Crippen LogP contribution in [0.3, 0.4) is 0 Å². The maximum atomic E-state index is 12.4. The van der Waals surface area contributed by atoms with Crippen LogP contribution in [0, 0.1) is 6.92 Å². The maximum Gasteiger partial charge on any atom is 0.292 e. The molecule has 4 aromatic rings. The standard InChI is InChI=1S/C21H21ClN6O2/c1-12-9-13(17-15-7-8-24-28(15)11-16(22)25-17)5-6-14(12)10-23-19(29)18-26-20(30-27-18)21(2,3)4/h5-9,11H,10H2,1-4H3,(H,23,29). The monoisotopic (exact) mass is 424 g/mol. The van der Waals surface area contributed by atoms with E-state index in [-0.39, 0.29) is 17.1 Å². The Balaban J connectivity index is 1.52. The van der Waals surface area contributed by atoms with Crippen LogP contribution in [0.5, 0.6) is 0 Å². The van der Waals surface area contributed by atoms with Crippen molar-refractivity contribution in [1.29, 1.82) is 0 Å². The van der Waals surface area contributed by atoms with Gasteiger partial charge in [0.2, 0.25) is 5.89 Å². The zero-order chi connectivity index (χ0) is 21.5. The second kappa shape index (κ2) is 7.53. The molecule has 154 valence electrons. The highest BCUT2D eigenvalue weighted by atomic mass is 35.5. The van der Waals surface area contributed by atoms with Crippen LogP contribution in [0.15, 0.2) is 41.2 Å². The molecule has 1 amide bonds. The van der Waals surface area contributed by atoms with E-state index in [1.165, 1.54) is 0 Å². The number of nitrogens with one attached hydrogen (secondary N) is 1. The topological polar surface area (TPSA) is 98.2 Å². The van der Waals surface area contributed by atoms with E-state index in [1.807, 2.05) is 52.0 Å². The lowest BCUT2D eigenvalue weighted by Gasteiger charge is -2.11. The lowest BCUT2D eigenvalue weighted by atomic mass is 9.97. The van der Waals surface area contributed by atoms with Gasteiger partial charge in [0.05, 0.1) is 23.6 Å². The van der Waals surface area contributed by atoms with Gasteiger partial charge in [0.25, 0.3) is 11.7 Å². The lowest BCUT2D eigenvalue weighted by Crippen LogP contribution is -2.24. The predicted molar refractivity (Wildman–Crippen MR) is 112 cm³/mol. The van der Waals surface area contributed by atoms with Crippen LogP contribution in [0.1, 0.15) is 48.4 Å². The van der Waals surface area contributed by atoms with E-state index >= 15 is 0 Å². The van der Waals surface area contributed by atoms with Crippen molar-refractivity contribution in [3.63, 3.8) is 0 Å². The number of nitrogens with zero attached hydrogens (tertiary/aromatic N) is 5. The third-order valence-corrected chi connectivity index (χ3v) is 4.87. The van der Waals surface area contributed by atoms with E-state index in [2.05, 4.69) is 25.5 Å². The normalized spacial score (nSPS) is 11.8. The zero-order valence-electron chi connectivity index (χ0n) is 17.1. The average molecular weight is 425 g/mol. The maximum absolute atomic E-state index is 12.4. The summed E-state index contributed by atoms with van der Waals surface area (Å²) in [7, 11) is 0. The number of benzene rings is 1.